The summed E-state index contributed by atoms with van der Waals surface area (Å²) >= 11 is 0. The van der Waals surface area contributed by atoms with Crippen LogP contribution in [0.5, 0.6) is 0 Å². The van der Waals surface area contributed by atoms with Gasteiger partial charge in [0.15, 0.2) is 6.61 Å². The second-order valence-electron chi connectivity index (χ2n) is 7.06. The average molecular weight is 465 g/mol. The van der Waals surface area contributed by atoms with Gasteiger partial charge in [0.05, 0.1) is 21.6 Å². The van der Waals surface area contributed by atoms with E-state index in [0.29, 0.717) is 5.56 Å². The zero-order valence-electron chi connectivity index (χ0n) is 17.6. The van der Waals surface area contributed by atoms with Gasteiger partial charge in [-0.2, -0.15) is 4.72 Å². The van der Waals surface area contributed by atoms with Crippen LogP contribution in [-0.4, -0.2) is 49.1 Å². The van der Waals surface area contributed by atoms with Crippen molar-refractivity contribution in [3.63, 3.8) is 0 Å². The van der Waals surface area contributed by atoms with E-state index in [1.54, 1.807) is 26.0 Å². The van der Waals surface area contributed by atoms with Gasteiger partial charge in [0.1, 0.15) is 6.04 Å². The molecule has 3 N–H and O–H groups in total. The Hall–Kier alpha value is -3.35. The van der Waals surface area contributed by atoms with E-state index in [4.69, 9.17) is 4.74 Å². The fraction of sp³-hybridized carbons (Fsp3) is 0.300. The molecule has 0 saturated heterocycles. The molecule has 0 aliphatic heterocycles. The molecule has 2 aromatic rings. The number of hydrogen-bond acceptors (Lipinski definition) is 8. The molecule has 1 amide bonds. The quantitative estimate of drug-likeness (QED) is 0.284. The normalized spacial score (nSPS) is 13.1. The average Bonchev–Trinajstić information content (AvgIpc) is 2.72. The molecule has 172 valence electrons. The van der Waals surface area contributed by atoms with E-state index in [-0.39, 0.29) is 16.3 Å². The summed E-state index contributed by atoms with van der Waals surface area (Å²) in [5.74, 6) is -1.96. The molecule has 0 bridgehead atoms. The number of nitrogens with one attached hydrogen (secondary N) is 2. The number of benzene rings is 2. The Bertz CT molecular complexity index is 1110. The summed E-state index contributed by atoms with van der Waals surface area (Å²) in [6, 6.07) is 8.06. The highest BCUT2D eigenvalue weighted by molar-refractivity contribution is 7.89. The number of anilines is 1. The first-order valence-corrected chi connectivity index (χ1v) is 10.9. The predicted molar refractivity (Wildman–Crippen MR) is 114 cm³/mol. The smallest absolute Gasteiger partial charge is 0.327 e. The van der Waals surface area contributed by atoms with Crippen molar-refractivity contribution >= 4 is 33.3 Å². The maximum Gasteiger partial charge on any atom is 0.327 e. The molecule has 0 fully saturated rings. The van der Waals surface area contributed by atoms with E-state index in [1.165, 1.54) is 31.2 Å². The van der Waals surface area contributed by atoms with Gasteiger partial charge in [-0.15, -0.1) is 0 Å². The number of aliphatic hydroxyl groups excluding tert-OH is 1. The Morgan fingerprint density at radius 1 is 1.16 bits per heavy atom. The fourth-order valence-corrected chi connectivity index (χ4v) is 3.83. The number of non-ortho nitro benzene ring substituents is 1. The molecule has 32 heavy (non-hydrogen) atoms. The third kappa shape index (κ3) is 6.57. The molecule has 0 heterocycles. The van der Waals surface area contributed by atoms with Crippen molar-refractivity contribution in [1.29, 1.82) is 0 Å². The fourth-order valence-electron chi connectivity index (χ4n) is 2.57. The molecule has 0 saturated carbocycles. The van der Waals surface area contributed by atoms with E-state index >= 15 is 0 Å². The van der Waals surface area contributed by atoms with E-state index in [0.717, 1.165) is 11.6 Å². The molecule has 0 radical (unpaired) electrons. The van der Waals surface area contributed by atoms with Crippen LogP contribution in [0.2, 0.25) is 0 Å². The van der Waals surface area contributed by atoms with Crippen molar-refractivity contribution in [3.8, 4) is 0 Å². The van der Waals surface area contributed by atoms with E-state index < -0.39 is 45.6 Å². The first-order valence-electron chi connectivity index (χ1n) is 9.39. The number of nitrogens with zero attached hydrogens (tertiary/aromatic N) is 1. The summed E-state index contributed by atoms with van der Waals surface area (Å²) in [5, 5.41) is 23.1. The summed E-state index contributed by atoms with van der Waals surface area (Å²) in [4.78, 5) is 34.6. The number of nitro groups is 1. The summed E-state index contributed by atoms with van der Waals surface area (Å²) in [6.07, 6.45) is -1.45. The highest BCUT2D eigenvalue weighted by Gasteiger charge is 2.31. The second-order valence-corrected chi connectivity index (χ2v) is 8.78. The van der Waals surface area contributed by atoms with Crippen molar-refractivity contribution in [2.75, 3.05) is 11.9 Å². The van der Waals surface area contributed by atoms with Crippen LogP contribution < -0.4 is 10.0 Å². The van der Waals surface area contributed by atoms with Crippen LogP contribution in [0.1, 0.15) is 18.1 Å². The van der Waals surface area contributed by atoms with Gasteiger partial charge >= 0.3 is 5.97 Å². The number of nitro benzene ring substituents is 1. The SMILES string of the molecule is Cc1ccc(S(=O)(=O)N[C@H](C(=O)OCC(=O)Nc2cc([N+](=O)[O-])ccc2C)[C@H](C)O)cc1. The van der Waals surface area contributed by atoms with Crippen LogP contribution >= 0.6 is 0 Å². The molecular weight excluding hydrogens is 442 g/mol. The van der Waals surface area contributed by atoms with Gasteiger partial charge in [-0.25, -0.2) is 8.42 Å². The lowest BCUT2D eigenvalue weighted by Gasteiger charge is -2.20. The molecule has 0 aliphatic carbocycles. The second kappa shape index (κ2) is 10.3. The number of amides is 1. The first kappa shape index (κ1) is 24.9. The van der Waals surface area contributed by atoms with Gasteiger partial charge in [0, 0.05) is 12.1 Å². The number of carbonyl (C=O) groups excluding carboxylic acids is 2. The lowest BCUT2D eigenvalue weighted by Crippen LogP contribution is -2.48. The van der Waals surface area contributed by atoms with Gasteiger partial charge in [-0.05, 0) is 38.5 Å². The van der Waals surface area contributed by atoms with Crippen LogP contribution in [0.3, 0.4) is 0 Å². The third-order valence-electron chi connectivity index (χ3n) is 4.40. The maximum atomic E-state index is 12.5. The molecular formula is C20H23N3O8S. The molecule has 2 rings (SSSR count). The molecule has 0 aliphatic rings. The molecule has 2 atom stereocenters. The standard InChI is InChI=1S/C20H23N3O8S/c1-12-4-8-16(9-5-12)32(29,30)22-19(14(3)24)20(26)31-11-18(25)21-17-10-15(23(27)28)7-6-13(17)2/h4-10,14,19,22,24H,11H2,1-3H3,(H,21,25)/t14-,19-/m0/s1. The number of hydrogen-bond donors (Lipinski definition) is 3. The van der Waals surface area contributed by atoms with Gasteiger partial charge in [-0.1, -0.05) is 23.8 Å². The van der Waals surface area contributed by atoms with Gasteiger partial charge in [-0.3, -0.25) is 19.7 Å². The highest BCUT2D eigenvalue weighted by Crippen LogP contribution is 2.21. The van der Waals surface area contributed by atoms with Crippen molar-refractivity contribution in [1.82, 2.24) is 4.72 Å². The largest absolute Gasteiger partial charge is 0.454 e. The third-order valence-corrected chi connectivity index (χ3v) is 5.86. The summed E-state index contributed by atoms with van der Waals surface area (Å²) < 4.78 is 31.9. The minimum Gasteiger partial charge on any atom is -0.454 e. The maximum absolute atomic E-state index is 12.5. The lowest BCUT2D eigenvalue weighted by atomic mass is 10.2. The van der Waals surface area contributed by atoms with Gasteiger partial charge < -0.3 is 15.2 Å². The zero-order chi connectivity index (χ0) is 24.1. The van der Waals surface area contributed by atoms with Crippen LogP contribution in [0.15, 0.2) is 47.4 Å². The Labute approximate surface area is 184 Å². The van der Waals surface area contributed by atoms with Crippen molar-refractivity contribution < 1.29 is 32.8 Å². The van der Waals surface area contributed by atoms with Gasteiger partial charge in [0.25, 0.3) is 11.6 Å². The van der Waals surface area contributed by atoms with Crippen LogP contribution in [0.25, 0.3) is 0 Å². The molecule has 11 nitrogen and oxygen atoms in total. The number of sulfonamides is 1. The topological polar surface area (TPSA) is 165 Å². The van der Waals surface area contributed by atoms with Crippen LogP contribution in [-0.2, 0) is 24.3 Å². The first-order chi connectivity index (χ1) is 14.9. The summed E-state index contributed by atoms with van der Waals surface area (Å²) in [6.45, 7) is 3.79. The molecule has 12 heteroatoms. The van der Waals surface area contributed by atoms with E-state index in [2.05, 4.69) is 10.0 Å². The Morgan fingerprint density at radius 2 is 1.78 bits per heavy atom. The number of carbonyl (C=O) groups is 2. The lowest BCUT2D eigenvalue weighted by molar-refractivity contribution is -0.384. The predicted octanol–water partition coefficient (Wildman–Crippen LogP) is 1.42. The van der Waals surface area contributed by atoms with Crippen molar-refractivity contribution in [3.05, 3.63) is 63.7 Å². The van der Waals surface area contributed by atoms with Gasteiger partial charge in [0.2, 0.25) is 10.0 Å². The minimum absolute atomic E-state index is 0.111. The molecule has 0 spiro atoms. The number of aliphatic hydroxyl groups is 1. The van der Waals surface area contributed by atoms with Crippen LogP contribution in [0.4, 0.5) is 11.4 Å². The molecule has 2 aromatic carbocycles. The molecule has 0 aromatic heterocycles. The number of aryl methyl sites for hydroxylation is 2. The Morgan fingerprint density at radius 3 is 2.34 bits per heavy atom. The number of esters is 1. The zero-order valence-corrected chi connectivity index (χ0v) is 18.4. The summed E-state index contributed by atoms with van der Waals surface area (Å²) in [7, 11) is -4.15. The number of rotatable bonds is 9. The van der Waals surface area contributed by atoms with Crippen molar-refractivity contribution in [2.45, 2.75) is 37.8 Å². The van der Waals surface area contributed by atoms with E-state index in [9.17, 15) is 33.2 Å². The monoisotopic (exact) mass is 465 g/mol. The highest BCUT2D eigenvalue weighted by atomic mass is 32.2. The summed E-state index contributed by atoms with van der Waals surface area (Å²) in [5.41, 5.74) is 1.30. The number of ether oxygens (including phenoxy) is 1. The van der Waals surface area contributed by atoms with Crippen LogP contribution in [0, 0.1) is 24.0 Å². The minimum atomic E-state index is -4.15. The van der Waals surface area contributed by atoms with E-state index in [1.807, 2.05) is 0 Å². The Kier molecular flexibility index (Phi) is 8.02. The van der Waals surface area contributed by atoms with Crippen molar-refractivity contribution in [2.24, 2.45) is 0 Å². The molecule has 0 unspecified atom stereocenters. The Balaban J connectivity index is 2.04.